The molecule has 5 nitrogen and oxygen atoms in total. The van der Waals surface area contributed by atoms with E-state index >= 15 is 0 Å². The summed E-state index contributed by atoms with van der Waals surface area (Å²) in [6.07, 6.45) is 6.19. The second-order valence-electron chi connectivity index (χ2n) is 6.86. The van der Waals surface area contributed by atoms with Gasteiger partial charge in [-0.3, -0.25) is 9.59 Å². The molecule has 2 fully saturated rings. The van der Waals surface area contributed by atoms with Crippen LogP contribution in [0.15, 0.2) is 6.07 Å². The maximum Gasteiger partial charge on any atom is 0.264 e. The van der Waals surface area contributed by atoms with Gasteiger partial charge in [0.2, 0.25) is 5.91 Å². The maximum absolute atomic E-state index is 13.0. The van der Waals surface area contributed by atoms with E-state index in [-0.39, 0.29) is 17.9 Å². The predicted octanol–water partition coefficient (Wildman–Crippen LogP) is 2.09. The van der Waals surface area contributed by atoms with Gasteiger partial charge in [0, 0.05) is 24.5 Å². The number of fused-ring (bicyclic) bond motifs is 1. The molecule has 6 heteroatoms. The third-order valence-corrected chi connectivity index (χ3v) is 6.55. The molecule has 1 aromatic rings. The van der Waals surface area contributed by atoms with Crippen LogP contribution < -0.4 is 0 Å². The van der Waals surface area contributed by atoms with Crippen LogP contribution in [0.2, 0.25) is 0 Å². The highest BCUT2D eigenvalue weighted by Gasteiger charge is 2.36. The summed E-state index contributed by atoms with van der Waals surface area (Å²) in [7, 11) is 0. The second kappa shape index (κ2) is 6.84. The number of rotatable bonds is 2. The van der Waals surface area contributed by atoms with E-state index in [9.17, 15) is 9.59 Å². The fraction of sp³-hybridized carbons (Fsp3) is 0.667. The molecule has 130 valence electrons. The third kappa shape index (κ3) is 2.97. The zero-order chi connectivity index (χ0) is 16.5. The standard InChI is InChI=1S/C18H24N2O3S/c21-17(19-8-10-23-11-9-19)14-5-1-2-7-20(14)18(22)16-12-13-4-3-6-15(13)24-16/h12,14H,1-11H2. The maximum atomic E-state index is 13.0. The molecular formula is C18H24N2O3S. The molecule has 24 heavy (non-hydrogen) atoms. The summed E-state index contributed by atoms with van der Waals surface area (Å²) in [4.78, 5) is 31.9. The summed E-state index contributed by atoms with van der Waals surface area (Å²) >= 11 is 1.64. The molecule has 2 amide bonds. The Hall–Kier alpha value is -1.40. The zero-order valence-electron chi connectivity index (χ0n) is 14.0. The molecule has 0 radical (unpaired) electrons. The average Bonchev–Trinajstić information content (AvgIpc) is 3.23. The molecule has 1 aromatic heterocycles. The van der Waals surface area contributed by atoms with Crippen molar-refractivity contribution < 1.29 is 14.3 Å². The normalized spacial score (nSPS) is 24.1. The summed E-state index contributed by atoms with van der Waals surface area (Å²) < 4.78 is 5.34. The largest absolute Gasteiger partial charge is 0.378 e. The first-order valence-corrected chi connectivity index (χ1v) is 9.85. The van der Waals surface area contributed by atoms with E-state index in [2.05, 4.69) is 6.07 Å². The van der Waals surface area contributed by atoms with Crippen LogP contribution in [0.1, 0.15) is 45.8 Å². The number of hydrogen-bond donors (Lipinski definition) is 0. The van der Waals surface area contributed by atoms with Crippen molar-refractivity contribution in [3.8, 4) is 0 Å². The molecule has 0 spiro atoms. The van der Waals surface area contributed by atoms with Crippen molar-refractivity contribution >= 4 is 23.2 Å². The number of hydrogen-bond acceptors (Lipinski definition) is 4. The summed E-state index contributed by atoms with van der Waals surface area (Å²) in [5.74, 6) is 0.163. The van der Waals surface area contributed by atoms with E-state index in [0.29, 0.717) is 32.8 Å². The summed E-state index contributed by atoms with van der Waals surface area (Å²) in [6.45, 7) is 3.19. The molecule has 4 rings (SSSR count). The van der Waals surface area contributed by atoms with Gasteiger partial charge in [-0.15, -0.1) is 11.3 Å². The fourth-order valence-electron chi connectivity index (χ4n) is 4.00. The fourth-order valence-corrected chi connectivity index (χ4v) is 5.21. The molecule has 0 bridgehead atoms. The number of aryl methyl sites for hydroxylation is 2. The number of nitrogens with zero attached hydrogens (tertiary/aromatic N) is 2. The number of likely N-dealkylation sites (tertiary alicyclic amines) is 1. The van der Waals surface area contributed by atoms with Gasteiger partial charge in [0.25, 0.3) is 5.91 Å². The van der Waals surface area contributed by atoms with Crippen LogP contribution in [0.4, 0.5) is 0 Å². The molecule has 0 aromatic carbocycles. The Morgan fingerprint density at radius 1 is 1.08 bits per heavy atom. The van der Waals surface area contributed by atoms with E-state index in [4.69, 9.17) is 4.74 Å². The lowest BCUT2D eigenvalue weighted by atomic mass is 10.00. The molecule has 1 atom stereocenters. The number of carbonyl (C=O) groups excluding carboxylic acids is 2. The van der Waals surface area contributed by atoms with Crippen molar-refractivity contribution in [2.45, 2.75) is 44.6 Å². The van der Waals surface area contributed by atoms with Crippen molar-refractivity contribution in [2.24, 2.45) is 0 Å². The predicted molar refractivity (Wildman–Crippen MR) is 92.4 cm³/mol. The molecule has 3 aliphatic rings. The van der Waals surface area contributed by atoms with Gasteiger partial charge < -0.3 is 14.5 Å². The van der Waals surface area contributed by atoms with Crippen molar-refractivity contribution in [3.05, 3.63) is 21.4 Å². The molecule has 3 heterocycles. The minimum Gasteiger partial charge on any atom is -0.378 e. The quantitative estimate of drug-likeness (QED) is 0.822. The van der Waals surface area contributed by atoms with Crippen LogP contribution in [0.25, 0.3) is 0 Å². The lowest BCUT2D eigenvalue weighted by molar-refractivity contribution is -0.141. The first kappa shape index (κ1) is 16.1. The van der Waals surface area contributed by atoms with Gasteiger partial charge >= 0.3 is 0 Å². The lowest BCUT2D eigenvalue weighted by Gasteiger charge is -2.38. The molecule has 0 N–H and O–H groups in total. The smallest absolute Gasteiger partial charge is 0.264 e. The van der Waals surface area contributed by atoms with Crippen molar-refractivity contribution in [1.29, 1.82) is 0 Å². The number of carbonyl (C=O) groups is 2. The number of amides is 2. The SMILES string of the molecule is O=C(C1CCCCN1C(=O)c1cc2c(s1)CCC2)N1CCOCC1. The van der Waals surface area contributed by atoms with Crippen LogP contribution in [0, 0.1) is 0 Å². The van der Waals surface area contributed by atoms with Gasteiger partial charge in [-0.1, -0.05) is 0 Å². The monoisotopic (exact) mass is 348 g/mol. The third-order valence-electron chi connectivity index (χ3n) is 5.33. The van der Waals surface area contributed by atoms with E-state index in [0.717, 1.165) is 37.0 Å². The Morgan fingerprint density at radius 2 is 1.92 bits per heavy atom. The van der Waals surface area contributed by atoms with Gasteiger partial charge in [0.05, 0.1) is 18.1 Å². The summed E-state index contributed by atoms with van der Waals surface area (Å²) in [5.41, 5.74) is 1.34. The lowest BCUT2D eigenvalue weighted by Crippen LogP contribution is -2.55. The molecule has 1 unspecified atom stereocenters. The number of morpholine rings is 1. The molecule has 1 aliphatic carbocycles. The first-order valence-electron chi connectivity index (χ1n) is 9.03. The summed E-state index contributed by atoms with van der Waals surface area (Å²) in [6, 6.07) is 1.78. The Labute approximate surface area is 146 Å². The zero-order valence-corrected chi connectivity index (χ0v) is 14.8. The van der Waals surface area contributed by atoms with Crippen LogP contribution in [0.3, 0.4) is 0 Å². The number of piperidine rings is 1. The highest BCUT2D eigenvalue weighted by atomic mass is 32.1. The molecule has 2 aliphatic heterocycles. The van der Waals surface area contributed by atoms with Gasteiger partial charge in [-0.05, 0) is 50.2 Å². The van der Waals surface area contributed by atoms with Crippen molar-refractivity contribution in [3.63, 3.8) is 0 Å². The van der Waals surface area contributed by atoms with Crippen LogP contribution in [-0.2, 0) is 22.4 Å². The highest BCUT2D eigenvalue weighted by molar-refractivity contribution is 7.14. The van der Waals surface area contributed by atoms with Crippen LogP contribution in [-0.4, -0.2) is 60.5 Å². The van der Waals surface area contributed by atoms with Gasteiger partial charge in [-0.2, -0.15) is 0 Å². The Bertz CT molecular complexity index is 615. The Kier molecular flexibility index (Phi) is 4.59. The minimum absolute atomic E-state index is 0.0562. The van der Waals surface area contributed by atoms with Crippen molar-refractivity contribution in [2.75, 3.05) is 32.8 Å². The van der Waals surface area contributed by atoms with E-state index in [1.54, 1.807) is 11.3 Å². The molecule has 2 saturated heterocycles. The van der Waals surface area contributed by atoms with Crippen LogP contribution >= 0.6 is 11.3 Å². The second-order valence-corrected chi connectivity index (χ2v) is 8.00. The van der Waals surface area contributed by atoms with Crippen LogP contribution in [0.5, 0.6) is 0 Å². The van der Waals surface area contributed by atoms with E-state index < -0.39 is 0 Å². The minimum atomic E-state index is -0.290. The van der Waals surface area contributed by atoms with Gasteiger partial charge in [-0.25, -0.2) is 0 Å². The Balaban J connectivity index is 1.52. The van der Waals surface area contributed by atoms with Gasteiger partial charge in [0.15, 0.2) is 0 Å². The number of thiophene rings is 1. The van der Waals surface area contributed by atoms with Crippen molar-refractivity contribution in [1.82, 2.24) is 9.80 Å². The Morgan fingerprint density at radius 3 is 2.71 bits per heavy atom. The highest BCUT2D eigenvalue weighted by Crippen LogP contribution is 2.32. The molecule has 0 saturated carbocycles. The average molecular weight is 348 g/mol. The molecular weight excluding hydrogens is 324 g/mol. The first-order chi connectivity index (χ1) is 11.7. The number of ether oxygens (including phenoxy) is 1. The summed E-state index contributed by atoms with van der Waals surface area (Å²) in [5, 5.41) is 0. The van der Waals surface area contributed by atoms with Gasteiger partial charge in [0.1, 0.15) is 6.04 Å². The topological polar surface area (TPSA) is 49.9 Å². The van der Waals surface area contributed by atoms with E-state index in [1.165, 1.54) is 16.9 Å². The van der Waals surface area contributed by atoms with E-state index in [1.807, 2.05) is 9.80 Å².